The van der Waals surface area contributed by atoms with Gasteiger partial charge in [-0.2, -0.15) is 5.10 Å². The molecule has 0 radical (unpaired) electrons. The van der Waals surface area contributed by atoms with E-state index in [4.69, 9.17) is 9.47 Å². The normalized spacial score (nSPS) is 19.2. The first-order valence-electron chi connectivity index (χ1n) is 10.3. The second-order valence-corrected chi connectivity index (χ2v) is 7.60. The molecule has 0 spiro atoms. The van der Waals surface area contributed by atoms with E-state index >= 15 is 0 Å². The number of aromatic nitrogens is 2. The highest BCUT2D eigenvalue weighted by atomic mass is 16.6. The van der Waals surface area contributed by atoms with Gasteiger partial charge in [0, 0.05) is 44.5 Å². The molecule has 2 aromatic rings. The Morgan fingerprint density at radius 3 is 2.69 bits per heavy atom. The van der Waals surface area contributed by atoms with Crippen LogP contribution < -0.4 is 14.4 Å². The fourth-order valence-corrected chi connectivity index (χ4v) is 3.80. The molecule has 2 aliphatic rings. The summed E-state index contributed by atoms with van der Waals surface area (Å²) in [6.45, 7) is 9.56. The van der Waals surface area contributed by atoms with E-state index in [9.17, 15) is 4.79 Å². The standard InChI is InChI=1S/C21H29N5O3/c1-3-25(13-17-15-28-18-6-4-5-7-19(18)29-17)21(27)14-24-8-10-26(11-9-24)20-12-16(2)22-23-20/h4-7,12,17H,3,8-11,13-15H2,1-2H3,(H,22,23). The Balaban J connectivity index is 1.26. The molecule has 29 heavy (non-hydrogen) atoms. The molecule has 1 fully saturated rings. The summed E-state index contributed by atoms with van der Waals surface area (Å²) in [7, 11) is 0. The Labute approximate surface area is 171 Å². The van der Waals surface area contributed by atoms with Gasteiger partial charge < -0.3 is 19.3 Å². The topological polar surface area (TPSA) is 73.9 Å². The van der Waals surface area contributed by atoms with E-state index < -0.39 is 0 Å². The molecule has 1 aromatic carbocycles. The van der Waals surface area contributed by atoms with E-state index in [0.29, 0.717) is 26.2 Å². The number of aromatic amines is 1. The number of aryl methyl sites for hydroxylation is 1. The molecule has 1 saturated heterocycles. The summed E-state index contributed by atoms with van der Waals surface area (Å²) in [5.41, 5.74) is 1.06. The van der Waals surface area contributed by atoms with Gasteiger partial charge >= 0.3 is 0 Å². The second-order valence-electron chi connectivity index (χ2n) is 7.60. The number of hydrogen-bond acceptors (Lipinski definition) is 6. The van der Waals surface area contributed by atoms with E-state index in [2.05, 4.69) is 26.1 Å². The lowest BCUT2D eigenvalue weighted by molar-refractivity contribution is -0.133. The number of rotatable bonds is 6. The van der Waals surface area contributed by atoms with Crippen molar-refractivity contribution in [3.8, 4) is 11.5 Å². The molecule has 0 aliphatic carbocycles. The molecule has 3 heterocycles. The van der Waals surface area contributed by atoms with Crippen molar-refractivity contribution in [3.63, 3.8) is 0 Å². The van der Waals surface area contributed by atoms with Gasteiger partial charge in [0.2, 0.25) is 5.91 Å². The van der Waals surface area contributed by atoms with E-state index in [0.717, 1.165) is 49.2 Å². The first-order valence-corrected chi connectivity index (χ1v) is 10.3. The summed E-state index contributed by atoms with van der Waals surface area (Å²) in [5.74, 6) is 2.64. The summed E-state index contributed by atoms with van der Waals surface area (Å²) in [5, 5.41) is 7.32. The van der Waals surface area contributed by atoms with Crippen LogP contribution in [0.5, 0.6) is 11.5 Å². The third kappa shape index (κ3) is 4.64. The maximum atomic E-state index is 12.9. The van der Waals surface area contributed by atoms with Crippen molar-refractivity contribution >= 4 is 11.7 Å². The molecule has 8 heteroatoms. The molecule has 0 saturated carbocycles. The molecule has 2 aliphatic heterocycles. The number of hydrogen-bond donors (Lipinski definition) is 1. The lowest BCUT2D eigenvalue weighted by atomic mass is 10.2. The Hall–Kier alpha value is -2.74. The van der Waals surface area contributed by atoms with Crippen molar-refractivity contribution in [2.24, 2.45) is 0 Å². The van der Waals surface area contributed by atoms with Crippen LogP contribution in [0.3, 0.4) is 0 Å². The maximum absolute atomic E-state index is 12.9. The van der Waals surface area contributed by atoms with Crippen molar-refractivity contribution < 1.29 is 14.3 Å². The van der Waals surface area contributed by atoms with Crippen molar-refractivity contribution in [2.45, 2.75) is 20.0 Å². The van der Waals surface area contributed by atoms with Crippen molar-refractivity contribution in [2.75, 3.05) is 57.3 Å². The Morgan fingerprint density at radius 1 is 1.24 bits per heavy atom. The predicted molar refractivity (Wildman–Crippen MR) is 111 cm³/mol. The van der Waals surface area contributed by atoms with Crippen LogP contribution in [-0.4, -0.2) is 84.4 Å². The van der Waals surface area contributed by atoms with Gasteiger partial charge in [-0.05, 0) is 26.0 Å². The monoisotopic (exact) mass is 399 g/mol. The van der Waals surface area contributed by atoms with Crippen LogP contribution in [-0.2, 0) is 4.79 Å². The molecule has 156 valence electrons. The van der Waals surface area contributed by atoms with Crippen LogP contribution in [0.15, 0.2) is 30.3 Å². The zero-order valence-corrected chi connectivity index (χ0v) is 17.1. The maximum Gasteiger partial charge on any atom is 0.236 e. The molecule has 1 aromatic heterocycles. The van der Waals surface area contributed by atoms with Gasteiger partial charge in [0.25, 0.3) is 0 Å². The Morgan fingerprint density at radius 2 is 2.00 bits per heavy atom. The van der Waals surface area contributed by atoms with Gasteiger partial charge in [0.05, 0.1) is 13.1 Å². The third-order valence-corrected chi connectivity index (χ3v) is 5.47. The van der Waals surface area contributed by atoms with Crippen LogP contribution in [0.2, 0.25) is 0 Å². The summed E-state index contributed by atoms with van der Waals surface area (Å²) in [4.78, 5) is 19.2. The van der Waals surface area contributed by atoms with Crippen LogP contribution in [0.1, 0.15) is 12.6 Å². The minimum Gasteiger partial charge on any atom is -0.486 e. The number of benzene rings is 1. The number of nitrogens with one attached hydrogen (secondary N) is 1. The minimum atomic E-state index is -0.145. The van der Waals surface area contributed by atoms with Crippen molar-refractivity contribution in [1.29, 1.82) is 0 Å². The first kappa shape index (κ1) is 19.6. The lowest BCUT2D eigenvalue weighted by Crippen LogP contribution is -2.51. The average Bonchev–Trinajstić information content (AvgIpc) is 3.18. The quantitative estimate of drug-likeness (QED) is 0.794. The number of amides is 1. The number of fused-ring (bicyclic) bond motifs is 1. The molecular formula is C21H29N5O3. The number of H-pyrrole nitrogens is 1. The van der Waals surface area contributed by atoms with Crippen molar-refractivity contribution in [1.82, 2.24) is 20.0 Å². The highest BCUT2D eigenvalue weighted by molar-refractivity contribution is 5.78. The molecule has 1 atom stereocenters. The summed E-state index contributed by atoms with van der Waals surface area (Å²) < 4.78 is 11.8. The zero-order valence-electron chi connectivity index (χ0n) is 17.1. The number of para-hydroxylation sites is 2. The van der Waals surface area contributed by atoms with E-state index in [1.807, 2.05) is 43.0 Å². The van der Waals surface area contributed by atoms with Gasteiger partial charge in [0.15, 0.2) is 23.4 Å². The van der Waals surface area contributed by atoms with Gasteiger partial charge in [-0.15, -0.1) is 0 Å². The first-order chi connectivity index (χ1) is 14.1. The summed E-state index contributed by atoms with van der Waals surface area (Å²) in [6, 6.07) is 9.72. The van der Waals surface area contributed by atoms with Crippen LogP contribution >= 0.6 is 0 Å². The van der Waals surface area contributed by atoms with Crippen molar-refractivity contribution in [3.05, 3.63) is 36.0 Å². The molecule has 1 amide bonds. The fourth-order valence-electron chi connectivity index (χ4n) is 3.80. The van der Waals surface area contributed by atoms with Crippen LogP contribution in [0, 0.1) is 6.92 Å². The predicted octanol–water partition coefficient (Wildman–Crippen LogP) is 1.53. The number of nitrogens with zero attached hydrogens (tertiary/aromatic N) is 4. The number of anilines is 1. The van der Waals surface area contributed by atoms with E-state index in [-0.39, 0.29) is 12.0 Å². The molecule has 1 unspecified atom stereocenters. The number of ether oxygens (including phenoxy) is 2. The summed E-state index contributed by atoms with van der Waals surface area (Å²) in [6.07, 6.45) is -0.145. The lowest BCUT2D eigenvalue weighted by Gasteiger charge is -2.36. The van der Waals surface area contributed by atoms with Gasteiger partial charge in [-0.25, -0.2) is 0 Å². The van der Waals surface area contributed by atoms with Gasteiger partial charge in [-0.3, -0.25) is 14.8 Å². The molecule has 4 rings (SSSR count). The average molecular weight is 399 g/mol. The molecule has 1 N–H and O–H groups in total. The smallest absolute Gasteiger partial charge is 0.236 e. The fraction of sp³-hybridized carbons (Fsp3) is 0.524. The third-order valence-electron chi connectivity index (χ3n) is 5.47. The number of carbonyl (C=O) groups excluding carboxylic acids is 1. The number of carbonyl (C=O) groups is 1. The SMILES string of the molecule is CCN(CC1COc2ccccc2O1)C(=O)CN1CCN(c2cc(C)[nH]n2)CC1. The van der Waals surface area contributed by atoms with E-state index in [1.54, 1.807) is 0 Å². The van der Waals surface area contributed by atoms with Crippen LogP contribution in [0.25, 0.3) is 0 Å². The molecule has 8 nitrogen and oxygen atoms in total. The zero-order chi connectivity index (χ0) is 20.2. The van der Waals surface area contributed by atoms with E-state index in [1.165, 1.54) is 0 Å². The summed E-state index contributed by atoms with van der Waals surface area (Å²) >= 11 is 0. The second kappa shape index (κ2) is 8.73. The molecular weight excluding hydrogens is 370 g/mol. The van der Waals surface area contributed by atoms with Gasteiger partial charge in [0.1, 0.15) is 6.61 Å². The van der Waals surface area contributed by atoms with Crippen LogP contribution in [0.4, 0.5) is 5.82 Å². The Bertz CT molecular complexity index is 831. The van der Waals surface area contributed by atoms with Gasteiger partial charge in [-0.1, -0.05) is 12.1 Å². The minimum absolute atomic E-state index is 0.138. The molecule has 0 bridgehead atoms. The number of likely N-dealkylation sites (N-methyl/N-ethyl adjacent to an activating group) is 1. The highest BCUT2D eigenvalue weighted by Gasteiger charge is 2.27. The number of piperazine rings is 1. The highest BCUT2D eigenvalue weighted by Crippen LogP contribution is 2.31. The Kier molecular flexibility index (Phi) is 5.89. The largest absolute Gasteiger partial charge is 0.486 e.